The van der Waals surface area contributed by atoms with Crippen molar-refractivity contribution < 1.29 is 18.7 Å². The van der Waals surface area contributed by atoms with Crippen molar-refractivity contribution in [2.45, 2.75) is 26.6 Å². The summed E-state index contributed by atoms with van der Waals surface area (Å²) in [4.78, 5) is 15.7. The maximum atomic E-state index is 13.0. The van der Waals surface area contributed by atoms with Gasteiger partial charge >= 0.3 is 0 Å². The molecule has 154 valence electrons. The van der Waals surface area contributed by atoms with Crippen LogP contribution in [-0.4, -0.2) is 35.2 Å². The molecule has 0 saturated carbocycles. The van der Waals surface area contributed by atoms with Crippen LogP contribution in [0.4, 0.5) is 4.39 Å². The summed E-state index contributed by atoms with van der Waals surface area (Å²) in [6, 6.07) is 11.8. The van der Waals surface area contributed by atoms with E-state index in [1.54, 1.807) is 12.1 Å². The smallest absolute Gasteiger partial charge is 0.231 e. The highest BCUT2D eigenvalue weighted by atomic mass is 19.1. The van der Waals surface area contributed by atoms with Crippen molar-refractivity contribution in [3.8, 4) is 5.75 Å². The van der Waals surface area contributed by atoms with Crippen LogP contribution < -0.4 is 15.8 Å². The molecule has 7 nitrogen and oxygen atoms in total. The van der Waals surface area contributed by atoms with E-state index in [9.17, 15) is 9.18 Å². The van der Waals surface area contributed by atoms with Crippen molar-refractivity contribution >= 4 is 16.9 Å². The van der Waals surface area contributed by atoms with Crippen LogP contribution in [0.15, 0.2) is 42.5 Å². The largest absolute Gasteiger partial charge is 0.489 e. The van der Waals surface area contributed by atoms with Gasteiger partial charge in [0.05, 0.1) is 30.7 Å². The van der Waals surface area contributed by atoms with Gasteiger partial charge in [-0.2, -0.15) is 0 Å². The first-order valence-corrected chi connectivity index (χ1v) is 9.50. The minimum absolute atomic E-state index is 0.0887. The molecule has 2 aromatic carbocycles. The van der Waals surface area contributed by atoms with Crippen molar-refractivity contribution in [3.05, 3.63) is 59.7 Å². The average Bonchev–Trinajstić information content (AvgIpc) is 3.04. The number of imidazole rings is 1. The Labute approximate surface area is 168 Å². The number of carbonyl (C=O) groups excluding carboxylic acids is 1. The lowest BCUT2D eigenvalue weighted by atomic mass is 10.2. The van der Waals surface area contributed by atoms with E-state index >= 15 is 0 Å². The second kappa shape index (κ2) is 9.99. The third kappa shape index (κ3) is 5.75. The maximum Gasteiger partial charge on any atom is 0.231 e. The SMILES string of the molecule is CCOCCn1c(CNCC(N)=O)nc2ccc(COc3ccc(F)cc3)cc21. The molecule has 3 aromatic rings. The third-order valence-electron chi connectivity index (χ3n) is 4.36. The van der Waals surface area contributed by atoms with Crippen molar-refractivity contribution in [1.29, 1.82) is 0 Å². The van der Waals surface area contributed by atoms with Gasteiger partial charge in [-0.05, 0) is 48.9 Å². The minimum Gasteiger partial charge on any atom is -0.489 e. The van der Waals surface area contributed by atoms with E-state index in [0.717, 1.165) is 22.4 Å². The van der Waals surface area contributed by atoms with Crippen LogP contribution in [-0.2, 0) is 29.2 Å². The van der Waals surface area contributed by atoms with Crippen LogP contribution in [0.1, 0.15) is 18.3 Å². The van der Waals surface area contributed by atoms with Gasteiger partial charge in [0.15, 0.2) is 0 Å². The number of primary amides is 1. The Morgan fingerprint density at radius 2 is 2.03 bits per heavy atom. The number of aromatic nitrogens is 2. The van der Waals surface area contributed by atoms with Crippen molar-refractivity contribution in [2.75, 3.05) is 19.8 Å². The number of fused-ring (bicyclic) bond motifs is 1. The molecule has 8 heteroatoms. The fraction of sp³-hybridized carbons (Fsp3) is 0.333. The van der Waals surface area contributed by atoms with Gasteiger partial charge in [0, 0.05) is 13.2 Å². The molecule has 0 aliphatic heterocycles. The molecule has 0 bridgehead atoms. The summed E-state index contributed by atoms with van der Waals surface area (Å²) in [5, 5.41) is 3.00. The van der Waals surface area contributed by atoms with Gasteiger partial charge in [0.1, 0.15) is 24.0 Å². The van der Waals surface area contributed by atoms with Gasteiger partial charge in [-0.15, -0.1) is 0 Å². The van der Waals surface area contributed by atoms with E-state index < -0.39 is 5.91 Å². The van der Waals surface area contributed by atoms with Gasteiger partial charge in [0.25, 0.3) is 0 Å². The van der Waals surface area contributed by atoms with E-state index in [4.69, 9.17) is 15.2 Å². The second-order valence-corrected chi connectivity index (χ2v) is 6.51. The quantitative estimate of drug-likeness (QED) is 0.482. The predicted molar refractivity (Wildman–Crippen MR) is 108 cm³/mol. The number of benzene rings is 2. The molecular weight excluding hydrogens is 375 g/mol. The fourth-order valence-corrected chi connectivity index (χ4v) is 2.99. The van der Waals surface area contributed by atoms with E-state index in [1.807, 2.05) is 25.1 Å². The summed E-state index contributed by atoms with van der Waals surface area (Å²) in [7, 11) is 0. The second-order valence-electron chi connectivity index (χ2n) is 6.51. The molecule has 0 unspecified atom stereocenters. The average molecular weight is 400 g/mol. The monoisotopic (exact) mass is 400 g/mol. The summed E-state index contributed by atoms with van der Waals surface area (Å²) >= 11 is 0. The Balaban J connectivity index is 1.79. The number of carbonyl (C=O) groups is 1. The van der Waals surface area contributed by atoms with Crippen LogP contribution in [0.2, 0.25) is 0 Å². The lowest BCUT2D eigenvalue weighted by Gasteiger charge is -2.11. The molecule has 0 radical (unpaired) electrons. The number of nitrogens with two attached hydrogens (primary N) is 1. The van der Waals surface area contributed by atoms with Crippen molar-refractivity contribution in [3.63, 3.8) is 0 Å². The van der Waals surface area contributed by atoms with Crippen molar-refractivity contribution in [1.82, 2.24) is 14.9 Å². The normalized spacial score (nSPS) is 11.1. The molecule has 1 heterocycles. The van der Waals surface area contributed by atoms with E-state index in [0.29, 0.717) is 38.7 Å². The molecule has 0 spiro atoms. The molecular formula is C21H25FN4O3. The number of nitrogens with zero attached hydrogens (tertiary/aromatic N) is 2. The summed E-state index contributed by atoms with van der Waals surface area (Å²) in [6.45, 7) is 4.65. The highest BCUT2D eigenvalue weighted by Crippen LogP contribution is 2.20. The van der Waals surface area contributed by atoms with Gasteiger partial charge in [-0.1, -0.05) is 6.07 Å². The predicted octanol–water partition coefficient (Wildman–Crippen LogP) is 2.37. The Morgan fingerprint density at radius 1 is 1.24 bits per heavy atom. The fourth-order valence-electron chi connectivity index (χ4n) is 2.99. The zero-order chi connectivity index (χ0) is 20.6. The van der Waals surface area contributed by atoms with Gasteiger partial charge < -0.3 is 25.1 Å². The molecule has 3 rings (SSSR count). The van der Waals surface area contributed by atoms with Gasteiger partial charge in [0.2, 0.25) is 5.91 Å². The van der Waals surface area contributed by atoms with Gasteiger partial charge in [-0.25, -0.2) is 9.37 Å². The Morgan fingerprint density at radius 3 is 2.76 bits per heavy atom. The molecule has 1 amide bonds. The molecule has 3 N–H and O–H groups in total. The van der Waals surface area contributed by atoms with Crippen LogP contribution in [0.3, 0.4) is 0 Å². The number of ether oxygens (including phenoxy) is 2. The minimum atomic E-state index is -0.415. The van der Waals surface area contributed by atoms with Gasteiger partial charge in [-0.3, -0.25) is 4.79 Å². The summed E-state index contributed by atoms with van der Waals surface area (Å²) in [5.41, 5.74) is 7.97. The molecule has 29 heavy (non-hydrogen) atoms. The van der Waals surface area contributed by atoms with Crippen LogP contribution in [0.25, 0.3) is 11.0 Å². The number of amides is 1. The highest BCUT2D eigenvalue weighted by molar-refractivity contribution is 5.77. The lowest BCUT2D eigenvalue weighted by molar-refractivity contribution is -0.117. The van der Waals surface area contributed by atoms with E-state index in [1.165, 1.54) is 12.1 Å². The molecule has 0 aliphatic rings. The third-order valence-corrected chi connectivity index (χ3v) is 4.36. The zero-order valence-corrected chi connectivity index (χ0v) is 16.4. The highest BCUT2D eigenvalue weighted by Gasteiger charge is 2.12. The summed E-state index contributed by atoms with van der Waals surface area (Å²) in [5.74, 6) is 0.696. The molecule has 0 saturated heterocycles. The van der Waals surface area contributed by atoms with Crippen LogP contribution >= 0.6 is 0 Å². The number of hydrogen-bond acceptors (Lipinski definition) is 5. The number of nitrogens with one attached hydrogen (secondary N) is 1. The Bertz CT molecular complexity index is 956. The summed E-state index contributed by atoms with van der Waals surface area (Å²) in [6.07, 6.45) is 0. The standard InChI is InChI=1S/C21H25FN4O3/c1-2-28-10-9-26-19-11-15(14-29-17-6-4-16(22)5-7-17)3-8-18(19)25-21(26)13-24-12-20(23)27/h3-8,11,24H,2,9-10,12-14H2,1H3,(H2,23,27). The first-order valence-electron chi connectivity index (χ1n) is 9.50. The van der Waals surface area contributed by atoms with E-state index in [2.05, 4.69) is 14.9 Å². The first kappa shape index (κ1) is 20.8. The van der Waals surface area contributed by atoms with Crippen LogP contribution in [0.5, 0.6) is 5.75 Å². The summed E-state index contributed by atoms with van der Waals surface area (Å²) < 4.78 is 26.3. The molecule has 0 atom stereocenters. The molecule has 0 fully saturated rings. The first-order chi connectivity index (χ1) is 14.1. The Hall–Kier alpha value is -2.97. The van der Waals surface area contributed by atoms with Crippen molar-refractivity contribution in [2.24, 2.45) is 5.73 Å². The van der Waals surface area contributed by atoms with E-state index in [-0.39, 0.29) is 12.4 Å². The topological polar surface area (TPSA) is 91.4 Å². The maximum absolute atomic E-state index is 13.0. The molecule has 1 aromatic heterocycles. The number of halogens is 1. The zero-order valence-electron chi connectivity index (χ0n) is 16.4. The number of hydrogen-bond donors (Lipinski definition) is 2. The number of rotatable bonds is 11. The van der Waals surface area contributed by atoms with Crippen LogP contribution in [0, 0.1) is 5.82 Å². The Kier molecular flexibility index (Phi) is 7.15. The molecule has 0 aliphatic carbocycles. The lowest BCUT2D eigenvalue weighted by Crippen LogP contribution is -2.29.